The Kier molecular flexibility index (Phi) is 3.45. The zero-order valence-electron chi connectivity index (χ0n) is 7.76. The van der Waals surface area contributed by atoms with Crippen molar-refractivity contribution in [2.45, 2.75) is 12.3 Å². The van der Waals surface area contributed by atoms with E-state index in [1.54, 1.807) is 6.26 Å². The molecule has 5 heteroatoms. The summed E-state index contributed by atoms with van der Waals surface area (Å²) in [6.45, 7) is 1.89. The molecule has 1 nitrogen and oxygen atoms in total. The first-order chi connectivity index (χ1) is 7.08. The molecule has 0 fully saturated rings. The fraction of sp³-hybridized carbons (Fsp3) is 0.200. The van der Waals surface area contributed by atoms with Crippen molar-refractivity contribution in [2.75, 3.05) is 0 Å². The van der Waals surface area contributed by atoms with Gasteiger partial charge in [0.25, 0.3) is 0 Å². The van der Waals surface area contributed by atoms with Gasteiger partial charge in [-0.25, -0.2) is 0 Å². The van der Waals surface area contributed by atoms with E-state index in [0.717, 1.165) is 20.0 Å². The molecule has 0 aliphatic rings. The largest absolute Gasteiger partial charge is 0.469 e. The van der Waals surface area contributed by atoms with Crippen molar-refractivity contribution >= 4 is 50.5 Å². The maximum Gasteiger partial charge on any atom is 0.101 e. The predicted octanol–water partition coefficient (Wildman–Crippen LogP) is 5.39. The Morgan fingerprint density at radius 2 is 2.20 bits per heavy atom. The van der Waals surface area contributed by atoms with Crippen LogP contribution in [0.15, 0.2) is 26.6 Å². The van der Waals surface area contributed by atoms with E-state index in [0.29, 0.717) is 5.02 Å². The first-order valence-electron chi connectivity index (χ1n) is 4.21. The van der Waals surface area contributed by atoms with E-state index >= 15 is 0 Å². The molecule has 1 unspecified atom stereocenters. The molecular weight excluding hydrogens is 319 g/mol. The van der Waals surface area contributed by atoms with Crippen LogP contribution in [0.2, 0.25) is 5.02 Å². The summed E-state index contributed by atoms with van der Waals surface area (Å²) < 4.78 is 6.13. The van der Waals surface area contributed by atoms with Crippen LogP contribution in [0.3, 0.4) is 0 Å². The van der Waals surface area contributed by atoms with Crippen LogP contribution in [0.5, 0.6) is 0 Å². The van der Waals surface area contributed by atoms with E-state index in [1.807, 2.05) is 19.1 Å². The summed E-state index contributed by atoms with van der Waals surface area (Å²) in [7, 11) is 0. The molecule has 2 rings (SSSR count). The van der Waals surface area contributed by atoms with Gasteiger partial charge in [-0.2, -0.15) is 0 Å². The second-order valence-corrected chi connectivity index (χ2v) is 6.37. The van der Waals surface area contributed by atoms with Crippen LogP contribution in [0.1, 0.15) is 21.6 Å². The molecular formula is C10H7BrCl2OS. The molecule has 15 heavy (non-hydrogen) atoms. The first kappa shape index (κ1) is 11.5. The van der Waals surface area contributed by atoms with Crippen LogP contribution >= 0.6 is 50.5 Å². The van der Waals surface area contributed by atoms with Gasteiger partial charge in [-0.3, -0.25) is 0 Å². The summed E-state index contributed by atoms with van der Waals surface area (Å²) in [5.41, 5.74) is 0.958. The number of rotatable bonds is 2. The molecule has 1 atom stereocenters. The molecule has 2 heterocycles. The van der Waals surface area contributed by atoms with Crippen molar-refractivity contribution in [1.82, 2.24) is 0 Å². The summed E-state index contributed by atoms with van der Waals surface area (Å²) >= 11 is 17.2. The number of thiophene rings is 1. The van der Waals surface area contributed by atoms with Gasteiger partial charge in [0, 0.05) is 10.4 Å². The second kappa shape index (κ2) is 4.50. The molecule has 0 bridgehead atoms. The summed E-state index contributed by atoms with van der Waals surface area (Å²) in [5.74, 6) is 0.859. The Labute approximate surface area is 110 Å². The lowest BCUT2D eigenvalue weighted by molar-refractivity contribution is 0.532. The Morgan fingerprint density at radius 3 is 2.67 bits per heavy atom. The van der Waals surface area contributed by atoms with Gasteiger partial charge in [0.05, 0.1) is 20.4 Å². The predicted molar refractivity (Wildman–Crippen MR) is 68.2 cm³/mol. The van der Waals surface area contributed by atoms with Gasteiger partial charge in [-0.15, -0.1) is 22.9 Å². The number of furan rings is 1. The average Bonchev–Trinajstić information content (AvgIpc) is 2.74. The van der Waals surface area contributed by atoms with E-state index in [9.17, 15) is 0 Å². The SMILES string of the molecule is Cc1cc(C(Cl)c2cc(Cl)c(Br)s2)co1. The van der Waals surface area contributed by atoms with Gasteiger partial charge in [0.15, 0.2) is 0 Å². The standard InChI is InChI=1S/C10H7BrCl2OS/c1-5-2-6(4-14-5)9(13)8-3-7(12)10(11)15-8/h2-4,9H,1H3. The lowest BCUT2D eigenvalue weighted by Gasteiger charge is -2.01. The molecule has 2 aromatic rings. The summed E-state index contributed by atoms with van der Waals surface area (Å²) in [6.07, 6.45) is 1.68. The van der Waals surface area contributed by atoms with E-state index < -0.39 is 0 Å². The van der Waals surface area contributed by atoms with E-state index in [4.69, 9.17) is 27.6 Å². The molecule has 0 spiro atoms. The molecule has 0 saturated carbocycles. The van der Waals surface area contributed by atoms with Gasteiger partial charge in [0.1, 0.15) is 5.76 Å². The monoisotopic (exact) mass is 324 g/mol. The molecule has 0 amide bonds. The normalized spacial score (nSPS) is 13.1. The minimum Gasteiger partial charge on any atom is -0.469 e. The number of halogens is 3. The van der Waals surface area contributed by atoms with Crippen molar-refractivity contribution in [3.63, 3.8) is 0 Å². The molecule has 80 valence electrons. The van der Waals surface area contributed by atoms with Gasteiger partial charge >= 0.3 is 0 Å². The molecule has 0 aliphatic heterocycles. The Hall–Kier alpha value is 0.0400. The van der Waals surface area contributed by atoms with Crippen LogP contribution in [-0.2, 0) is 0 Å². The van der Waals surface area contributed by atoms with Crippen molar-refractivity contribution in [2.24, 2.45) is 0 Å². The zero-order chi connectivity index (χ0) is 11.0. The number of aryl methyl sites for hydroxylation is 1. The number of hydrogen-bond acceptors (Lipinski definition) is 2. The number of hydrogen-bond donors (Lipinski definition) is 0. The van der Waals surface area contributed by atoms with E-state index in [1.165, 1.54) is 11.3 Å². The third kappa shape index (κ3) is 2.41. The van der Waals surface area contributed by atoms with E-state index in [2.05, 4.69) is 15.9 Å². The van der Waals surface area contributed by atoms with Crippen molar-refractivity contribution in [3.8, 4) is 0 Å². The minimum atomic E-state index is -0.198. The van der Waals surface area contributed by atoms with Crippen molar-refractivity contribution in [3.05, 3.63) is 43.4 Å². The fourth-order valence-corrected chi connectivity index (χ4v) is 3.31. The maximum absolute atomic E-state index is 6.30. The highest BCUT2D eigenvalue weighted by molar-refractivity contribution is 9.11. The highest BCUT2D eigenvalue weighted by atomic mass is 79.9. The smallest absolute Gasteiger partial charge is 0.101 e. The van der Waals surface area contributed by atoms with Gasteiger partial charge in [-0.1, -0.05) is 11.6 Å². The second-order valence-electron chi connectivity index (χ2n) is 3.12. The lowest BCUT2D eigenvalue weighted by atomic mass is 10.2. The van der Waals surface area contributed by atoms with Crippen molar-refractivity contribution < 1.29 is 4.42 Å². The molecule has 0 aromatic carbocycles. The zero-order valence-corrected chi connectivity index (χ0v) is 11.7. The van der Waals surface area contributed by atoms with Gasteiger partial charge < -0.3 is 4.42 Å². The topological polar surface area (TPSA) is 13.1 Å². The Morgan fingerprint density at radius 1 is 1.47 bits per heavy atom. The van der Waals surface area contributed by atoms with Gasteiger partial charge in [0.2, 0.25) is 0 Å². The Balaban J connectivity index is 2.31. The molecule has 2 aromatic heterocycles. The van der Waals surface area contributed by atoms with Crippen LogP contribution in [0.4, 0.5) is 0 Å². The third-order valence-electron chi connectivity index (χ3n) is 1.96. The molecule has 0 saturated heterocycles. The van der Waals surface area contributed by atoms with Crippen LogP contribution in [0.25, 0.3) is 0 Å². The molecule has 0 aliphatic carbocycles. The average molecular weight is 326 g/mol. The van der Waals surface area contributed by atoms with Crippen LogP contribution in [0, 0.1) is 6.92 Å². The first-order valence-corrected chi connectivity index (χ1v) is 6.64. The number of alkyl halides is 1. The van der Waals surface area contributed by atoms with Crippen LogP contribution < -0.4 is 0 Å². The highest BCUT2D eigenvalue weighted by Crippen LogP contribution is 2.40. The van der Waals surface area contributed by atoms with Crippen molar-refractivity contribution in [1.29, 1.82) is 0 Å². The third-order valence-corrected chi connectivity index (χ3v) is 5.11. The minimum absolute atomic E-state index is 0.198. The fourth-order valence-electron chi connectivity index (χ4n) is 1.25. The highest BCUT2D eigenvalue weighted by Gasteiger charge is 2.17. The Bertz CT molecular complexity index is 458. The van der Waals surface area contributed by atoms with E-state index in [-0.39, 0.29) is 5.38 Å². The summed E-state index contributed by atoms with van der Waals surface area (Å²) in [4.78, 5) is 1.01. The quantitative estimate of drug-likeness (QED) is 0.674. The summed E-state index contributed by atoms with van der Waals surface area (Å²) in [6, 6.07) is 3.80. The van der Waals surface area contributed by atoms with Crippen LogP contribution in [-0.4, -0.2) is 0 Å². The maximum atomic E-state index is 6.30. The summed E-state index contributed by atoms with van der Waals surface area (Å²) in [5, 5.41) is 0.497. The molecule has 0 N–H and O–H groups in total. The van der Waals surface area contributed by atoms with Gasteiger partial charge in [-0.05, 0) is 35.0 Å². The molecule has 0 radical (unpaired) electrons. The lowest BCUT2D eigenvalue weighted by Crippen LogP contribution is -1.85.